The van der Waals surface area contributed by atoms with Crippen molar-refractivity contribution < 1.29 is 27.5 Å². The second-order valence-corrected chi connectivity index (χ2v) is 10.5. The van der Waals surface area contributed by atoms with Gasteiger partial charge in [0.05, 0.1) is 11.5 Å². The smallest absolute Gasteiger partial charge is 0.411 e. The Bertz CT molecular complexity index is 1110. The Morgan fingerprint density at radius 2 is 1.62 bits per heavy atom. The number of ether oxygens (including phenoxy) is 2. The van der Waals surface area contributed by atoms with Crippen LogP contribution in [0.3, 0.4) is 0 Å². The number of sulfonamides is 1. The zero-order valence-electron chi connectivity index (χ0n) is 19.6. The van der Waals surface area contributed by atoms with Crippen molar-refractivity contribution in [3.63, 3.8) is 0 Å². The maximum absolute atomic E-state index is 13.2. The van der Waals surface area contributed by atoms with Crippen molar-refractivity contribution in [2.24, 2.45) is 11.8 Å². The van der Waals surface area contributed by atoms with Gasteiger partial charge in [0.1, 0.15) is 6.61 Å². The molecule has 184 valence electrons. The van der Waals surface area contributed by atoms with E-state index in [2.05, 4.69) is 10.6 Å². The minimum atomic E-state index is -3.70. The first-order valence-corrected chi connectivity index (χ1v) is 12.6. The van der Waals surface area contributed by atoms with E-state index in [1.54, 1.807) is 36.4 Å². The fourth-order valence-electron chi connectivity index (χ4n) is 4.00. The predicted octanol–water partition coefficient (Wildman–Crippen LogP) is 3.80. The first kappa shape index (κ1) is 25.7. The van der Waals surface area contributed by atoms with Crippen LogP contribution in [0.1, 0.15) is 30.6 Å². The number of amides is 2. The van der Waals surface area contributed by atoms with Gasteiger partial charge >= 0.3 is 6.09 Å². The van der Waals surface area contributed by atoms with Gasteiger partial charge in [-0.1, -0.05) is 26.0 Å². The fraction of sp³-hybridized carbons (Fsp3) is 0.417. The maximum atomic E-state index is 13.2. The van der Waals surface area contributed by atoms with E-state index in [9.17, 15) is 18.0 Å². The number of methoxy groups -OCH3 is 1. The van der Waals surface area contributed by atoms with E-state index in [-0.39, 0.29) is 35.5 Å². The predicted molar refractivity (Wildman–Crippen MR) is 129 cm³/mol. The summed E-state index contributed by atoms with van der Waals surface area (Å²) in [6.07, 6.45) is 0.354. The molecule has 1 saturated heterocycles. The number of anilines is 2. The Kier molecular flexibility index (Phi) is 8.65. The highest BCUT2D eigenvalue weighted by atomic mass is 32.2. The van der Waals surface area contributed by atoms with Crippen LogP contribution in [-0.2, 0) is 19.5 Å². The Morgan fingerprint density at radius 3 is 2.29 bits per heavy atom. The third-order valence-corrected chi connectivity index (χ3v) is 7.28. The molecule has 1 aliphatic rings. The minimum Gasteiger partial charge on any atom is -0.447 e. The molecule has 0 aliphatic carbocycles. The van der Waals surface area contributed by atoms with Gasteiger partial charge in [0, 0.05) is 37.1 Å². The molecule has 2 aromatic carbocycles. The summed E-state index contributed by atoms with van der Waals surface area (Å²) in [5.74, 6) is 0.101. The number of carbonyl (C=O) groups excluding carboxylic acids is 2. The SMILES string of the molecule is COCCOC(=O)Nc1cccc(NC(=O)c2cccc(S(=O)(=O)N3CC(C)CC(C)C3)c2)c1. The number of carbonyl (C=O) groups is 2. The molecule has 2 N–H and O–H groups in total. The molecule has 0 saturated carbocycles. The number of piperidine rings is 1. The highest BCUT2D eigenvalue weighted by Crippen LogP contribution is 2.27. The molecule has 2 atom stereocenters. The summed E-state index contributed by atoms with van der Waals surface area (Å²) in [4.78, 5) is 24.7. The van der Waals surface area contributed by atoms with Gasteiger partial charge < -0.3 is 14.8 Å². The molecule has 2 aromatic rings. The van der Waals surface area contributed by atoms with Crippen LogP contribution in [0, 0.1) is 11.8 Å². The molecule has 1 heterocycles. The van der Waals surface area contributed by atoms with E-state index in [0.717, 1.165) is 6.42 Å². The van der Waals surface area contributed by atoms with Crippen LogP contribution in [0.5, 0.6) is 0 Å². The van der Waals surface area contributed by atoms with Crippen molar-refractivity contribution >= 4 is 33.4 Å². The average Bonchev–Trinajstić information content (AvgIpc) is 2.79. The van der Waals surface area contributed by atoms with Gasteiger partial charge in [-0.2, -0.15) is 4.31 Å². The van der Waals surface area contributed by atoms with Crippen molar-refractivity contribution in [1.82, 2.24) is 4.31 Å². The van der Waals surface area contributed by atoms with E-state index < -0.39 is 22.0 Å². The van der Waals surface area contributed by atoms with Crippen molar-refractivity contribution in [2.75, 3.05) is 44.0 Å². The lowest BCUT2D eigenvalue weighted by Gasteiger charge is -2.34. The average molecular weight is 490 g/mol. The molecule has 0 spiro atoms. The molecule has 9 nitrogen and oxygen atoms in total. The summed E-state index contributed by atoms with van der Waals surface area (Å²) < 4.78 is 37.7. The van der Waals surface area contributed by atoms with Crippen LogP contribution >= 0.6 is 0 Å². The largest absolute Gasteiger partial charge is 0.447 e. The molecule has 1 aliphatic heterocycles. The highest BCUT2D eigenvalue weighted by molar-refractivity contribution is 7.89. The molecule has 0 aromatic heterocycles. The van der Waals surface area contributed by atoms with Crippen molar-refractivity contribution in [1.29, 1.82) is 0 Å². The van der Waals surface area contributed by atoms with E-state index in [0.29, 0.717) is 24.5 Å². The standard InChI is InChI=1S/C24H31N3O6S/c1-17-12-18(2)16-27(15-17)34(30,31)22-9-4-6-19(13-22)23(28)25-20-7-5-8-21(14-20)26-24(29)33-11-10-32-3/h4-9,13-14,17-18H,10-12,15-16H2,1-3H3,(H,25,28)(H,26,29). The maximum Gasteiger partial charge on any atom is 0.411 e. The molecule has 0 radical (unpaired) electrons. The monoisotopic (exact) mass is 489 g/mol. The molecular formula is C24H31N3O6S. The Hall–Kier alpha value is -2.95. The first-order chi connectivity index (χ1) is 16.2. The van der Waals surface area contributed by atoms with Gasteiger partial charge in [-0.25, -0.2) is 13.2 Å². The molecule has 3 rings (SSSR count). The highest BCUT2D eigenvalue weighted by Gasteiger charge is 2.32. The lowest BCUT2D eigenvalue weighted by atomic mass is 9.94. The zero-order chi connectivity index (χ0) is 24.7. The number of benzene rings is 2. The molecule has 2 amide bonds. The fourth-order valence-corrected chi connectivity index (χ4v) is 5.72. The summed E-state index contributed by atoms with van der Waals surface area (Å²) in [6.45, 7) is 5.43. The number of nitrogens with one attached hydrogen (secondary N) is 2. The van der Waals surface area contributed by atoms with Crippen LogP contribution in [0.4, 0.5) is 16.2 Å². The van der Waals surface area contributed by atoms with Gasteiger partial charge in [0.2, 0.25) is 10.0 Å². The van der Waals surface area contributed by atoms with Gasteiger partial charge in [0.15, 0.2) is 0 Å². The Balaban J connectivity index is 1.69. The van der Waals surface area contributed by atoms with Crippen molar-refractivity contribution in [2.45, 2.75) is 25.2 Å². The van der Waals surface area contributed by atoms with Crippen LogP contribution < -0.4 is 10.6 Å². The topological polar surface area (TPSA) is 114 Å². The first-order valence-electron chi connectivity index (χ1n) is 11.1. The number of hydrogen-bond donors (Lipinski definition) is 2. The van der Waals surface area contributed by atoms with Crippen LogP contribution in [-0.4, -0.2) is 58.1 Å². The molecule has 2 unspecified atom stereocenters. The van der Waals surface area contributed by atoms with Crippen LogP contribution in [0.25, 0.3) is 0 Å². The van der Waals surface area contributed by atoms with Gasteiger partial charge in [-0.15, -0.1) is 0 Å². The normalized spacial score (nSPS) is 18.8. The number of nitrogens with zero attached hydrogens (tertiary/aromatic N) is 1. The van der Waals surface area contributed by atoms with Crippen LogP contribution in [0.15, 0.2) is 53.4 Å². The molecular weight excluding hydrogens is 458 g/mol. The zero-order valence-corrected chi connectivity index (χ0v) is 20.4. The van der Waals surface area contributed by atoms with Crippen molar-refractivity contribution in [3.8, 4) is 0 Å². The lowest BCUT2D eigenvalue weighted by Crippen LogP contribution is -2.42. The van der Waals surface area contributed by atoms with Gasteiger partial charge in [0.25, 0.3) is 5.91 Å². The summed E-state index contributed by atoms with van der Waals surface area (Å²) in [5.41, 5.74) is 1.09. The van der Waals surface area contributed by atoms with E-state index in [1.807, 2.05) is 13.8 Å². The second kappa shape index (κ2) is 11.5. The molecule has 1 fully saturated rings. The third-order valence-electron chi connectivity index (χ3n) is 5.46. The quantitative estimate of drug-likeness (QED) is 0.545. The second-order valence-electron chi connectivity index (χ2n) is 8.58. The number of hydrogen-bond acceptors (Lipinski definition) is 6. The lowest BCUT2D eigenvalue weighted by molar-refractivity contribution is 0.102. The van der Waals surface area contributed by atoms with E-state index in [4.69, 9.17) is 9.47 Å². The van der Waals surface area contributed by atoms with Gasteiger partial charge in [-0.05, 0) is 54.7 Å². The van der Waals surface area contributed by atoms with Crippen molar-refractivity contribution in [3.05, 3.63) is 54.1 Å². The summed E-state index contributed by atoms with van der Waals surface area (Å²) >= 11 is 0. The summed E-state index contributed by atoms with van der Waals surface area (Å²) in [7, 11) is -2.20. The summed E-state index contributed by atoms with van der Waals surface area (Å²) in [6, 6.07) is 12.6. The number of rotatable bonds is 8. The Labute approximate surface area is 200 Å². The van der Waals surface area contributed by atoms with Crippen LogP contribution in [0.2, 0.25) is 0 Å². The molecule has 34 heavy (non-hydrogen) atoms. The molecule has 0 bridgehead atoms. The summed E-state index contributed by atoms with van der Waals surface area (Å²) in [5, 5.41) is 5.31. The molecule has 10 heteroatoms. The van der Waals surface area contributed by atoms with E-state index >= 15 is 0 Å². The van der Waals surface area contributed by atoms with Gasteiger partial charge in [-0.3, -0.25) is 10.1 Å². The minimum absolute atomic E-state index is 0.0932. The Morgan fingerprint density at radius 1 is 0.971 bits per heavy atom. The van der Waals surface area contributed by atoms with E-state index in [1.165, 1.54) is 23.5 Å². The third kappa shape index (κ3) is 6.78.